The second-order valence-corrected chi connectivity index (χ2v) is 5.14. The first-order chi connectivity index (χ1) is 9.91. The van der Waals surface area contributed by atoms with E-state index in [1.807, 2.05) is 0 Å². The van der Waals surface area contributed by atoms with Gasteiger partial charge in [0.25, 0.3) is 0 Å². The summed E-state index contributed by atoms with van der Waals surface area (Å²) < 4.78 is 32.7. The van der Waals surface area contributed by atoms with Crippen LogP contribution < -0.4 is 4.74 Å². The van der Waals surface area contributed by atoms with Gasteiger partial charge in [-0.15, -0.1) is 0 Å². The predicted octanol–water partition coefficient (Wildman–Crippen LogP) is 4.52. The summed E-state index contributed by atoms with van der Waals surface area (Å²) in [5.41, 5.74) is -0.0961. The summed E-state index contributed by atoms with van der Waals surface area (Å²) in [6.45, 7) is 1.12. The Morgan fingerprint density at radius 1 is 1.29 bits per heavy atom. The Hall–Kier alpha value is -2.02. The van der Waals surface area contributed by atoms with E-state index in [1.165, 1.54) is 12.1 Å². The molecule has 0 amide bonds. The van der Waals surface area contributed by atoms with Crippen molar-refractivity contribution < 1.29 is 18.4 Å². The summed E-state index contributed by atoms with van der Waals surface area (Å²) in [6, 6.07) is 6.86. The van der Waals surface area contributed by atoms with Crippen molar-refractivity contribution in [1.29, 1.82) is 0 Å². The molecule has 0 fully saturated rings. The highest BCUT2D eigenvalue weighted by Crippen LogP contribution is 2.31. The van der Waals surface area contributed by atoms with Gasteiger partial charge in [0, 0.05) is 5.56 Å². The molecule has 0 saturated carbocycles. The van der Waals surface area contributed by atoms with Crippen LogP contribution in [-0.4, -0.2) is 4.92 Å². The summed E-state index contributed by atoms with van der Waals surface area (Å²) in [7, 11) is 0. The van der Waals surface area contributed by atoms with Crippen molar-refractivity contribution in [2.45, 2.75) is 13.5 Å². The number of nitrogens with zero attached hydrogens (tertiary/aromatic N) is 1. The van der Waals surface area contributed by atoms with Crippen LogP contribution in [0, 0.1) is 28.7 Å². The van der Waals surface area contributed by atoms with Crippen molar-refractivity contribution in [1.82, 2.24) is 0 Å². The molecule has 110 valence electrons. The zero-order valence-electron chi connectivity index (χ0n) is 10.9. The fourth-order valence-electron chi connectivity index (χ4n) is 1.83. The third-order valence-electron chi connectivity index (χ3n) is 2.89. The third-order valence-corrected chi connectivity index (χ3v) is 3.51. The number of benzene rings is 2. The Balaban J connectivity index is 2.32. The Kier molecular flexibility index (Phi) is 4.52. The smallest absolute Gasteiger partial charge is 0.313 e. The molecule has 2 rings (SSSR count). The molecular weight excluding hydrogens is 348 g/mol. The van der Waals surface area contributed by atoms with Gasteiger partial charge in [-0.2, -0.15) is 0 Å². The largest absolute Gasteiger partial charge is 0.482 e. The van der Waals surface area contributed by atoms with Crippen molar-refractivity contribution in [2.75, 3.05) is 0 Å². The summed E-state index contributed by atoms with van der Waals surface area (Å²) in [5.74, 6) is -1.59. The standard InChI is InChI=1S/C14H10BrF2NO3/c1-8-3-2-4-12(14(8)18(19)20)21-7-9-11(16)6-5-10(15)13(9)17/h2-6H,7H2,1H3. The molecule has 0 aliphatic heterocycles. The highest BCUT2D eigenvalue weighted by atomic mass is 79.9. The molecule has 0 saturated heterocycles. The molecule has 0 aromatic heterocycles. The van der Waals surface area contributed by atoms with E-state index in [1.54, 1.807) is 19.1 Å². The van der Waals surface area contributed by atoms with E-state index in [2.05, 4.69) is 15.9 Å². The summed E-state index contributed by atoms with van der Waals surface area (Å²) >= 11 is 2.95. The maximum Gasteiger partial charge on any atom is 0.313 e. The minimum atomic E-state index is -0.787. The highest BCUT2D eigenvalue weighted by molar-refractivity contribution is 9.10. The van der Waals surface area contributed by atoms with Crippen molar-refractivity contribution in [2.24, 2.45) is 0 Å². The monoisotopic (exact) mass is 357 g/mol. The summed E-state index contributed by atoms with van der Waals surface area (Å²) in [5, 5.41) is 11.0. The number of ether oxygens (including phenoxy) is 1. The lowest BCUT2D eigenvalue weighted by atomic mass is 10.2. The Morgan fingerprint density at radius 2 is 2.00 bits per heavy atom. The fraction of sp³-hybridized carbons (Fsp3) is 0.143. The van der Waals surface area contributed by atoms with Crippen LogP contribution >= 0.6 is 15.9 Å². The Morgan fingerprint density at radius 3 is 2.67 bits per heavy atom. The second-order valence-electron chi connectivity index (χ2n) is 4.29. The van der Waals surface area contributed by atoms with Gasteiger partial charge in [-0.1, -0.05) is 12.1 Å². The van der Waals surface area contributed by atoms with Gasteiger partial charge >= 0.3 is 5.69 Å². The number of hydrogen-bond donors (Lipinski definition) is 0. The molecule has 21 heavy (non-hydrogen) atoms. The van der Waals surface area contributed by atoms with Gasteiger partial charge in [-0.05, 0) is 41.1 Å². The van der Waals surface area contributed by atoms with Gasteiger partial charge < -0.3 is 4.74 Å². The molecule has 2 aromatic rings. The van der Waals surface area contributed by atoms with Crippen LogP contribution in [0.4, 0.5) is 14.5 Å². The van der Waals surface area contributed by atoms with Crippen LogP contribution in [0.15, 0.2) is 34.8 Å². The lowest BCUT2D eigenvalue weighted by Crippen LogP contribution is -2.04. The number of para-hydroxylation sites is 1. The summed E-state index contributed by atoms with van der Waals surface area (Å²) in [4.78, 5) is 10.4. The van der Waals surface area contributed by atoms with E-state index < -0.39 is 23.2 Å². The van der Waals surface area contributed by atoms with Crippen LogP contribution in [0.2, 0.25) is 0 Å². The number of rotatable bonds is 4. The third kappa shape index (κ3) is 3.18. The van der Waals surface area contributed by atoms with Crippen molar-refractivity contribution in [3.63, 3.8) is 0 Å². The second kappa shape index (κ2) is 6.17. The molecule has 0 heterocycles. The predicted molar refractivity (Wildman–Crippen MR) is 76.2 cm³/mol. The molecule has 0 radical (unpaired) electrons. The zero-order valence-corrected chi connectivity index (χ0v) is 12.5. The van der Waals surface area contributed by atoms with E-state index in [9.17, 15) is 18.9 Å². The molecule has 0 N–H and O–H groups in total. The van der Waals surface area contributed by atoms with Gasteiger partial charge in [0.15, 0.2) is 5.75 Å². The van der Waals surface area contributed by atoms with Crippen LogP contribution in [0.1, 0.15) is 11.1 Å². The SMILES string of the molecule is Cc1cccc(OCc2c(F)ccc(Br)c2F)c1[N+](=O)[O-]. The van der Waals surface area contributed by atoms with E-state index >= 15 is 0 Å². The molecule has 0 atom stereocenters. The van der Waals surface area contributed by atoms with Gasteiger partial charge in [0.05, 0.1) is 15.0 Å². The van der Waals surface area contributed by atoms with Gasteiger partial charge in [-0.25, -0.2) is 8.78 Å². The van der Waals surface area contributed by atoms with Crippen LogP contribution in [0.5, 0.6) is 5.75 Å². The van der Waals surface area contributed by atoms with Crippen LogP contribution in [0.25, 0.3) is 0 Å². The maximum atomic E-state index is 13.8. The molecule has 0 bridgehead atoms. The number of halogens is 3. The van der Waals surface area contributed by atoms with E-state index in [4.69, 9.17) is 4.74 Å². The first-order valence-corrected chi connectivity index (χ1v) is 6.70. The molecular formula is C14H10BrF2NO3. The number of hydrogen-bond acceptors (Lipinski definition) is 3. The highest BCUT2D eigenvalue weighted by Gasteiger charge is 2.20. The molecule has 0 aliphatic rings. The Bertz CT molecular complexity index is 707. The van der Waals surface area contributed by atoms with Gasteiger partial charge in [0.2, 0.25) is 0 Å². The first kappa shape index (κ1) is 15.4. The average Bonchev–Trinajstić information content (AvgIpc) is 2.42. The number of nitro groups is 1. The molecule has 2 aromatic carbocycles. The number of aryl methyl sites for hydroxylation is 1. The quantitative estimate of drug-likeness (QED) is 0.459. The number of nitro benzene ring substituents is 1. The summed E-state index contributed by atoms with van der Waals surface area (Å²) in [6.07, 6.45) is 0. The topological polar surface area (TPSA) is 52.4 Å². The first-order valence-electron chi connectivity index (χ1n) is 5.91. The van der Waals surface area contributed by atoms with E-state index in [0.29, 0.717) is 5.56 Å². The molecule has 0 spiro atoms. The lowest BCUT2D eigenvalue weighted by molar-refractivity contribution is -0.386. The normalized spacial score (nSPS) is 10.5. The van der Waals surface area contributed by atoms with Crippen LogP contribution in [0.3, 0.4) is 0 Å². The van der Waals surface area contributed by atoms with Gasteiger partial charge in [0.1, 0.15) is 18.2 Å². The minimum Gasteiger partial charge on any atom is -0.482 e. The lowest BCUT2D eigenvalue weighted by Gasteiger charge is -2.10. The molecule has 0 aliphatic carbocycles. The fourth-order valence-corrected chi connectivity index (χ4v) is 2.21. The van der Waals surface area contributed by atoms with Crippen molar-refractivity contribution >= 4 is 21.6 Å². The van der Waals surface area contributed by atoms with Crippen molar-refractivity contribution in [3.8, 4) is 5.75 Å². The van der Waals surface area contributed by atoms with E-state index in [-0.39, 0.29) is 21.5 Å². The van der Waals surface area contributed by atoms with Crippen molar-refractivity contribution in [3.05, 3.63) is 67.7 Å². The molecule has 7 heteroatoms. The van der Waals surface area contributed by atoms with E-state index in [0.717, 1.165) is 6.07 Å². The molecule has 4 nitrogen and oxygen atoms in total. The Labute approximate surface area is 127 Å². The minimum absolute atomic E-state index is 0.0289. The molecule has 0 unspecified atom stereocenters. The average molecular weight is 358 g/mol. The zero-order chi connectivity index (χ0) is 15.6. The van der Waals surface area contributed by atoms with Crippen LogP contribution in [-0.2, 0) is 6.61 Å². The van der Waals surface area contributed by atoms with Gasteiger partial charge in [-0.3, -0.25) is 10.1 Å². The maximum absolute atomic E-state index is 13.8.